The van der Waals surface area contributed by atoms with Crippen LogP contribution in [-0.4, -0.2) is 12.1 Å². The van der Waals surface area contributed by atoms with Crippen molar-refractivity contribution in [2.45, 2.75) is 25.4 Å². The van der Waals surface area contributed by atoms with Gasteiger partial charge in [0.25, 0.3) is 0 Å². The minimum atomic E-state index is -0.253. The van der Waals surface area contributed by atoms with Crippen LogP contribution in [0.15, 0.2) is 43.0 Å². The van der Waals surface area contributed by atoms with E-state index in [1.807, 2.05) is 18.2 Å². The predicted molar refractivity (Wildman–Crippen MR) is 68.7 cm³/mol. The number of ether oxygens (including phenoxy) is 1. The van der Waals surface area contributed by atoms with E-state index in [2.05, 4.69) is 12.7 Å². The molecule has 2 rings (SSSR count). The summed E-state index contributed by atoms with van der Waals surface area (Å²) in [7, 11) is 0. The molecule has 0 saturated heterocycles. The lowest BCUT2D eigenvalue weighted by atomic mass is 10.1. The van der Waals surface area contributed by atoms with Gasteiger partial charge in [-0.2, -0.15) is 0 Å². The monoisotopic (exact) mass is 228 g/mol. The van der Waals surface area contributed by atoms with Crippen LogP contribution in [0, 0.1) is 0 Å². The average Bonchev–Trinajstić information content (AvgIpc) is 2.40. The molecule has 0 aromatic heterocycles. The quantitative estimate of drug-likeness (QED) is 0.583. The van der Waals surface area contributed by atoms with Crippen molar-refractivity contribution in [1.82, 2.24) is 0 Å². The molecule has 1 unspecified atom stereocenters. The Morgan fingerprint density at radius 2 is 2.12 bits per heavy atom. The summed E-state index contributed by atoms with van der Waals surface area (Å²) < 4.78 is 5.40. The summed E-state index contributed by atoms with van der Waals surface area (Å²) in [4.78, 5) is 11.8. The Kier molecular flexibility index (Phi) is 3.76. The zero-order valence-corrected chi connectivity index (χ0v) is 9.76. The first-order valence-corrected chi connectivity index (χ1v) is 5.90. The van der Waals surface area contributed by atoms with Crippen molar-refractivity contribution in [3.8, 4) is 0 Å². The van der Waals surface area contributed by atoms with Gasteiger partial charge in [0.2, 0.25) is 0 Å². The highest BCUT2D eigenvalue weighted by molar-refractivity contribution is 5.89. The molecular formula is C15H16O2. The molecule has 0 amide bonds. The highest BCUT2D eigenvalue weighted by Crippen LogP contribution is 2.16. The standard InChI is InChI=1S/C15H16O2/c1-2-12-8-10-13(11-9-12)15(16)17-14-6-4-3-5-7-14/h2,4,6,8-11,14H,1,3,5,7H2. The first kappa shape index (κ1) is 11.6. The molecule has 0 aliphatic heterocycles. The van der Waals surface area contributed by atoms with Crippen LogP contribution in [0.2, 0.25) is 0 Å². The zero-order valence-electron chi connectivity index (χ0n) is 9.76. The van der Waals surface area contributed by atoms with Gasteiger partial charge in [-0.15, -0.1) is 0 Å². The molecule has 88 valence electrons. The van der Waals surface area contributed by atoms with Crippen molar-refractivity contribution in [2.75, 3.05) is 0 Å². The second kappa shape index (κ2) is 5.48. The van der Waals surface area contributed by atoms with E-state index in [1.165, 1.54) is 0 Å². The molecule has 0 bridgehead atoms. The van der Waals surface area contributed by atoms with Crippen LogP contribution in [0.5, 0.6) is 0 Å². The van der Waals surface area contributed by atoms with Crippen molar-refractivity contribution in [1.29, 1.82) is 0 Å². The Morgan fingerprint density at radius 3 is 2.71 bits per heavy atom. The van der Waals surface area contributed by atoms with Gasteiger partial charge in [-0.25, -0.2) is 4.79 Å². The van der Waals surface area contributed by atoms with E-state index in [4.69, 9.17) is 4.74 Å². The maximum Gasteiger partial charge on any atom is 0.338 e. The average molecular weight is 228 g/mol. The van der Waals surface area contributed by atoms with Crippen LogP contribution in [0.3, 0.4) is 0 Å². The highest BCUT2D eigenvalue weighted by atomic mass is 16.5. The fraction of sp³-hybridized carbons (Fsp3) is 0.267. The number of hydrogen-bond acceptors (Lipinski definition) is 2. The van der Waals surface area contributed by atoms with Crippen molar-refractivity contribution in [2.24, 2.45) is 0 Å². The molecule has 0 heterocycles. The third-order valence-electron chi connectivity index (χ3n) is 2.85. The summed E-state index contributed by atoms with van der Waals surface area (Å²) in [6.07, 6.45) is 8.83. The number of rotatable bonds is 3. The van der Waals surface area contributed by atoms with Crippen molar-refractivity contribution in [3.63, 3.8) is 0 Å². The van der Waals surface area contributed by atoms with Crippen molar-refractivity contribution >= 4 is 12.0 Å². The molecule has 0 N–H and O–H groups in total. The first-order valence-electron chi connectivity index (χ1n) is 5.90. The van der Waals surface area contributed by atoms with Crippen LogP contribution in [-0.2, 0) is 4.74 Å². The summed E-state index contributed by atoms with van der Waals surface area (Å²) >= 11 is 0. The number of allylic oxidation sites excluding steroid dienone is 1. The van der Waals surface area contributed by atoms with Crippen LogP contribution in [0.25, 0.3) is 6.08 Å². The lowest BCUT2D eigenvalue weighted by Crippen LogP contribution is -2.17. The maximum atomic E-state index is 11.8. The van der Waals surface area contributed by atoms with E-state index in [-0.39, 0.29) is 12.1 Å². The lowest BCUT2D eigenvalue weighted by molar-refractivity contribution is 0.0370. The normalized spacial score (nSPS) is 18.7. The lowest BCUT2D eigenvalue weighted by Gasteiger charge is -2.17. The van der Waals surface area contributed by atoms with E-state index >= 15 is 0 Å². The number of carbonyl (C=O) groups excluding carboxylic acids is 1. The smallest absolute Gasteiger partial charge is 0.338 e. The van der Waals surface area contributed by atoms with Gasteiger partial charge < -0.3 is 4.74 Å². The fourth-order valence-corrected chi connectivity index (χ4v) is 1.84. The Hall–Kier alpha value is -1.83. The molecule has 17 heavy (non-hydrogen) atoms. The SMILES string of the molecule is C=Cc1ccc(C(=O)OC2C=CCCC2)cc1. The first-order chi connectivity index (χ1) is 8.29. The third-order valence-corrected chi connectivity index (χ3v) is 2.85. The zero-order chi connectivity index (χ0) is 12.1. The van der Waals surface area contributed by atoms with E-state index in [0.29, 0.717) is 5.56 Å². The molecule has 1 atom stereocenters. The van der Waals surface area contributed by atoms with Gasteiger partial charge in [-0.05, 0) is 43.0 Å². The van der Waals surface area contributed by atoms with E-state index in [0.717, 1.165) is 24.8 Å². The maximum absolute atomic E-state index is 11.8. The van der Waals surface area contributed by atoms with Gasteiger partial charge in [-0.3, -0.25) is 0 Å². The molecule has 1 aromatic rings. The Balaban J connectivity index is 2.00. The number of esters is 1. The molecule has 0 fully saturated rings. The minimum absolute atomic E-state index is 0.0599. The molecular weight excluding hydrogens is 212 g/mol. The van der Waals surface area contributed by atoms with E-state index < -0.39 is 0 Å². The second-order valence-corrected chi connectivity index (χ2v) is 4.13. The summed E-state index contributed by atoms with van der Waals surface area (Å²) in [5, 5.41) is 0. The number of hydrogen-bond donors (Lipinski definition) is 0. The largest absolute Gasteiger partial charge is 0.455 e. The Bertz CT molecular complexity index is 429. The van der Waals surface area contributed by atoms with Crippen LogP contribution < -0.4 is 0 Å². The van der Waals surface area contributed by atoms with Crippen LogP contribution >= 0.6 is 0 Å². The topological polar surface area (TPSA) is 26.3 Å². The molecule has 0 spiro atoms. The summed E-state index contributed by atoms with van der Waals surface area (Å²) in [5.74, 6) is -0.253. The Morgan fingerprint density at radius 1 is 1.35 bits per heavy atom. The summed E-state index contributed by atoms with van der Waals surface area (Å²) in [5.41, 5.74) is 1.59. The Labute approximate surface area is 102 Å². The van der Waals surface area contributed by atoms with Gasteiger partial charge >= 0.3 is 5.97 Å². The van der Waals surface area contributed by atoms with Gasteiger partial charge in [0, 0.05) is 0 Å². The number of benzene rings is 1. The molecule has 2 nitrogen and oxygen atoms in total. The second-order valence-electron chi connectivity index (χ2n) is 4.13. The van der Waals surface area contributed by atoms with Crippen LogP contribution in [0.1, 0.15) is 35.2 Å². The molecule has 1 aromatic carbocycles. The van der Waals surface area contributed by atoms with E-state index in [9.17, 15) is 4.79 Å². The van der Waals surface area contributed by atoms with Crippen molar-refractivity contribution < 1.29 is 9.53 Å². The highest BCUT2D eigenvalue weighted by Gasteiger charge is 2.14. The van der Waals surface area contributed by atoms with Gasteiger partial charge in [-0.1, -0.05) is 30.9 Å². The predicted octanol–water partition coefficient (Wildman–Crippen LogP) is 3.60. The van der Waals surface area contributed by atoms with Gasteiger partial charge in [0.1, 0.15) is 6.10 Å². The minimum Gasteiger partial charge on any atom is -0.455 e. The van der Waals surface area contributed by atoms with Gasteiger partial charge in [0.05, 0.1) is 5.56 Å². The molecule has 2 heteroatoms. The third kappa shape index (κ3) is 3.06. The molecule has 1 aliphatic rings. The van der Waals surface area contributed by atoms with Gasteiger partial charge in [0.15, 0.2) is 0 Å². The molecule has 0 radical (unpaired) electrons. The van der Waals surface area contributed by atoms with E-state index in [1.54, 1.807) is 18.2 Å². The van der Waals surface area contributed by atoms with Crippen LogP contribution in [0.4, 0.5) is 0 Å². The fourth-order valence-electron chi connectivity index (χ4n) is 1.84. The van der Waals surface area contributed by atoms with Crippen molar-refractivity contribution in [3.05, 3.63) is 54.1 Å². The summed E-state index contributed by atoms with van der Waals surface area (Å²) in [6.45, 7) is 3.67. The number of carbonyl (C=O) groups is 1. The molecule has 0 saturated carbocycles. The summed E-state index contributed by atoms with van der Waals surface area (Å²) in [6, 6.07) is 7.26. The molecule has 1 aliphatic carbocycles.